The van der Waals surface area contributed by atoms with Crippen molar-refractivity contribution in [3.05, 3.63) is 80.8 Å². The van der Waals surface area contributed by atoms with Crippen LogP contribution in [-0.4, -0.2) is 15.5 Å². The number of hydrogen-bond acceptors (Lipinski definition) is 5. The molecule has 0 radical (unpaired) electrons. The minimum Gasteiger partial charge on any atom is -0.493 e. The first kappa shape index (κ1) is 23.5. The average molecular weight is 502 g/mol. The van der Waals surface area contributed by atoms with E-state index in [-0.39, 0.29) is 11.5 Å². The molecule has 6 nitrogen and oxygen atoms in total. The van der Waals surface area contributed by atoms with Crippen LogP contribution in [0.3, 0.4) is 0 Å². The minimum absolute atomic E-state index is 0.0397. The van der Waals surface area contributed by atoms with Gasteiger partial charge in [-0.3, -0.25) is 0 Å². The maximum Gasteiger partial charge on any atom is 0.238 e. The second-order valence-corrected chi connectivity index (χ2v) is 9.29. The summed E-state index contributed by atoms with van der Waals surface area (Å²) in [5, 5.41) is 9.76. The van der Waals surface area contributed by atoms with Crippen molar-refractivity contribution in [1.29, 1.82) is 0 Å². The van der Waals surface area contributed by atoms with Crippen LogP contribution in [0.1, 0.15) is 11.1 Å². The van der Waals surface area contributed by atoms with Gasteiger partial charge >= 0.3 is 0 Å². The number of methoxy groups -OCH3 is 1. The largest absolute Gasteiger partial charge is 0.493 e. The number of primary sulfonamides is 1. The molecule has 0 atom stereocenters. The molecule has 3 aromatic rings. The molecule has 0 saturated carbocycles. The fraction of sp³-hybridized carbons (Fsp3) is 0.143. The molecule has 0 bridgehead atoms. The van der Waals surface area contributed by atoms with Gasteiger partial charge in [0.05, 0.1) is 12.0 Å². The summed E-state index contributed by atoms with van der Waals surface area (Å²) in [7, 11) is -2.20. The minimum atomic E-state index is -3.73. The van der Waals surface area contributed by atoms with Gasteiger partial charge in [-0.25, -0.2) is 13.6 Å². The zero-order valence-electron chi connectivity index (χ0n) is 16.4. The first-order valence-electron chi connectivity index (χ1n) is 8.98. The van der Waals surface area contributed by atoms with E-state index in [2.05, 4.69) is 5.32 Å². The van der Waals surface area contributed by atoms with E-state index >= 15 is 0 Å². The lowest BCUT2D eigenvalue weighted by molar-refractivity contribution is 0.284. The Morgan fingerprint density at radius 1 is 0.935 bits per heavy atom. The van der Waals surface area contributed by atoms with E-state index in [4.69, 9.17) is 49.4 Å². The van der Waals surface area contributed by atoms with Crippen molar-refractivity contribution in [2.75, 3.05) is 12.4 Å². The van der Waals surface area contributed by atoms with Gasteiger partial charge in [-0.15, -0.1) is 0 Å². The number of anilines is 1. The number of halogens is 3. The lowest BCUT2D eigenvalue weighted by Gasteiger charge is -2.15. The Bertz CT molecular complexity index is 1170. The number of sulfonamides is 1. The molecule has 0 aromatic heterocycles. The number of hydrogen-bond donors (Lipinski definition) is 2. The molecule has 0 aliphatic carbocycles. The molecule has 3 aromatic carbocycles. The Morgan fingerprint density at radius 3 is 2.16 bits per heavy atom. The van der Waals surface area contributed by atoms with E-state index in [1.807, 2.05) is 0 Å². The van der Waals surface area contributed by atoms with Crippen LogP contribution in [0, 0.1) is 0 Å². The molecule has 0 amide bonds. The molecule has 3 rings (SSSR count). The van der Waals surface area contributed by atoms with Crippen LogP contribution in [0.15, 0.2) is 59.5 Å². The average Bonchev–Trinajstić information content (AvgIpc) is 2.72. The van der Waals surface area contributed by atoms with Crippen LogP contribution in [0.2, 0.25) is 15.1 Å². The first-order valence-corrected chi connectivity index (χ1v) is 11.7. The summed E-state index contributed by atoms with van der Waals surface area (Å²) in [4.78, 5) is 0.0397. The third kappa shape index (κ3) is 5.96. The third-order valence-corrected chi connectivity index (χ3v) is 6.42. The highest BCUT2D eigenvalue weighted by Gasteiger charge is 2.13. The summed E-state index contributed by atoms with van der Waals surface area (Å²) < 4.78 is 34.0. The topological polar surface area (TPSA) is 90.6 Å². The highest BCUT2D eigenvalue weighted by molar-refractivity contribution is 7.89. The molecule has 164 valence electrons. The number of rotatable bonds is 8. The van der Waals surface area contributed by atoms with Gasteiger partial charge in [0.25, 0.3) is 0 Å². The van der Waals surface area contributed by atoms with Gasteiger partial charge in [-0.2, -0.15) is 0 Å². The van der Waals surface area contributed by atoms with Crippen molar-refractivity contribution < 1.29 is 17.9 Å². The quantitative estimate of drug-likeness (QED) is 0.426. The highest BCUT2D eigenvalue weighted by atomic mass is 35.5. The smallest absolute Gasteiger partial charge is 0.238 e. The molecule has 0 aliphatic rings. The number of nitrogens with two attached hydrogens (primary N) is 1. The predicted octanol–water partition coefficient (Wildman–Crippen LogP) is 5.49. The Hall–Kier alpha value is -2.16. The van der Waals surface area contributed by atoms with Crippen LogP contribution >= 0.6 is 34.8 Å². The van der Waals surface area contributed by atoms with Crippen molar-refractivity contribution >= 4 is 50.5 Å². The van der Waals surface area contributed by atoms with Gasteiger partial charge in [0.1, 0.15) is 6.61 Å². The van der Waals surface area contributed by atoms with Crippen molar-refractivity contribution in [1.82, 2.24) is 0 Å². The van der Waals surface area contributed by atoms with Crippen LogP contribution < -0.4 is 19.9 Å². The van der Waals surface area contributed by atoms with E-state index in [0.29, 0.717) is 44.4 Å². The predicted molar refractivity (Wildman–Crippen MR) is 124 cm³/mol. The molecule has 0 spiro atoms. The Morgan fingerprint density at radius 2 is 1.58 bits per heavy atom. The SMILES string of the molecule is COc1cc(CNc2ccc(S(N)(=O)=O)cc2)c(Cl)cc1OCc1c(Cl)cccc1Cl. The van der Waals surface area contributed by atoms with Gasteiger partial charge in [0.2, 0.25) is 10.0 Å². The molecular weight excluding hydrogens is 483 g/mol. The maximum absolute atomic E-state index is 11.4. The highest BCUT2D eigenvalue weighted by Crippen LogP contribution is 2.35. The van der Waals surface area contributed by atoms with Gasteiger partial charge < -0.3 is 14.8 Å². The van der Waals surface area contributed by atoms with E-state index in [1.54, 1.807) is 42.5 Å². The molecule has 3 N–H and O–H groups in total. The molecule has 31 heavy (non-hydrogen) atoms. The lowest BCUT2D eigenvalue weighted by atomic mass is 10.2. The van der Waals surface area contributed by atoms with E-state index in [9.17, 15) is 8.42 Å². The molecule has 0 fully saturated rings. The van der Waals surface area contributed by atoms with Gasteiger partial charge in [-0.05, 0) is 48.0 Å². The first-order chi connectivity index (χ1) is 14.7. The number of ether oxygens (including phenoxy) is 2. The fourth-order valence-corrected chi connectivity index (χ4v) is 4.01. The molecular formula is C21H19Cl3N2O4S. The van der Waals surface area contributed by atoms with Crippen molar-refractivity contribution in [3.63, 3.8) is 0 Å². The Labute approximate surface area is 195 Å². The zero-order valence-corrected chi connectivity index (χ0v) is 19.4. The summed E-state index contributed by atoms with van der Waals surface area (Å²) in [6, 6.07) is 14.7. The summed E-state index contributed by atoms with van der Waals surface area (Å²) in [6.45, 7) is 0.528. The van der Waals surface area contributed by atoms with Gasteiger partial charge in [-0.1, -0.05) is 40.9 Å². The summed E-state index contributed by atoms with van der Waals surface area (Å²) in [5.74, 6) is 0.943. The van der Waals surface area contributed by atoms with Crippen LogP contribution in [0.4, 0.5) is 5.69 Å². The van der Waals surface area contributed by atoms with Crippen LogP contribution in [0.5, 0.6) is 11.5 Å². The number of benzene rings is 3. The second kappa shape index (κ2) is 9.97. The summed E-state index contributed by atoms with van der Waals surface area (Å²) in [6.07, 6.45) is 0. The standard InChI is InChI=1S/C21H19Cl3N2O4S/c1-29-20-9-13(11-26-14-5-7-15(8-6-14)31(25,27)28)19(24)10-21(20)30-12-16-17(22)3-2-4-18(16)23/h2-10,26H,11-12H2,1H3,(H2,25,27,28). The van der Waals surface area contributed by atoms with Crippen LogP contribution in [-0.2, 0) is 23.2 Å². The lowest BCUT2D eigenvalue weighted by Crippen LogP contribution is -2.12. The Kier molecular flexibility index (Phi) is 7.56. The number of nitrogens with one attached hydrogen (secondary N) is 1. The van der Waals surface area contributed by atoms with Gasteiger partial charge in [0.15, 0.2) is 11.5 Å². The fourth-order valence-electron chi connectivity index (χ4n) is 2.76. The van der Waals surface area contributed by atoms with E-state index in [0.717, 1.165) is 5.56 Å². The molecule has 0 aliphatic heterocycles. The summed E-state index contributed by atoms with van der Waals surface area (Å²) in [5.41, 5.74) is 2.13. The molecule has 0 unspecified atom stereocenters. The Balaban J connectivity index is 1.73. The molecule has 0 saturated heterocycles. The molecule has 0 heterocycles. The normalized spacial score (nSPS) is 11.3. The van der Waals surface area contributed by atoms with Crippen molar-refractivity contribution in [3.8, 4) is 11.5 Å². The van der Waals surface area contributed by atoms with Crippen molar-refractivity contribution in [2.45, 2.75) is 18.0 Å². The van der Waals surface area contributed by atoms with Crippen molar-refractivity contribution in [2.24, 2.45) is 5.14 Å². The molecule has 10 heteroatoms. The van der Waals surface area contributed by atoms with E-state index < -0.39 is 10.0 Å². The summed E-state index contributed by atoms with van der Waals surface area (Å²) >= 11 is 18.8. The van der Waals surface area contributed by atoms with E-state index in [1.165, 1.54) is 19.2 Å². The van der Waals surface area contributed by atoms with Gasteiger partial charge in [0, 0.05) is 38.9 Å². The maximum atomic E-state index is 11.4. The zero-order chi connectivity index (χ0) is 22.6. The third-order valence-electron chi connectivity index (χ3n) is 4.43. The van der Waals surface area contributed by atoms with Crippen LogP contribution in [0.25, 0.3) is 0 Å². The second-order valence-electron chi connectivity index (χ2n) is 6.51. The monoisotopic (exact) mass is 500 g/mol.